The van der Waals surface area contributed by atoms with Crippen LogP contribution in [-0.4, -0.2) is 18.0 Å². The van der Waals surface area contributed by atoms with E-state index in [0.717, 1.165) is 34.4 Å². The van der Waals surface area contributed by atoms with E-state index in [1.54, 1.807) is 0 Å². The molecule has 0 aliphatic carbocycles. The van der Waals surface area contributed by atoms with E-state index in [2.05, 4.69) is 155 Å². The molecule has 0 N–H and O–H groups in total. The first kappa shape index (κ1) is 25.0. The SMILES string of the molecule is c1ccc(N(c2ccccc2)c2ccc3c4c2c2cccc5c2n4-c2c4c(cc6c2B3c2ccccc2O6)Oc2ccccc2B45)cc1. The molecule has 12 rings (SSSR count). The van der Waals surface area contributed by atoms with Gasteiger partial charge in [0.15, 0.2) is 0 Å². The van der Waals surface area contributed by atoms with Gasteiger partial charge in [-0.1, -0.05) is 97.1 Å². The first-order valence-electron chi connectivity index (χ1n) is 16.6. The summed E-state index contributed by atoms with van der Waals surface area (Å²) < 4.78 is 16.1. The molecule has 0 bridgehead atoms. The Bertz CT molecular complexity index is 2640. The van der Waals surface area contributed by atoms with E-state index in [1.807, 2.05) is 0 Å². The Hall–Kier alpha value is -6.13. The number of rotatable bonds is 3. The maximum absolute atomic E-state index is 6.77. The monoisotopic (exact) mass is 610 g/mol. The molecule has 6 heteroatoms. The van der Waals surface area contributed by atoms with Crippen molar-refractivity contribution < 1.29 is 9.47 Å². The van der Waals surface area contributed by atoms with Gasteiger partial charge in [-0.2, -0.15) is 0 Å². The zero-order valence-electron chi connectivity index (χ0n) is 25.7. The second kappa shape index (κ2) is 8.81. The third kappa shape index (κ3) is 2.95. The molecule has 1 aromatic heterocycles. The van der Waals surface area contributed by atoms with E-state index in [9.17, 15) is 0 Å². The molecule has 220 valence electrons. The van der Waals surface area contributed by atoms with E-state index in [4.69, 9.17) is 9.47 Å². The quantitative estimate of drug-likeness (QED) is 0.226. The van der Waals surface area contributed by atoms with E-state index in [0.29, 0.717) is 0 Å². The third-order valence-corrected chi connectivity index (χ3v) is 10.9. The number of hydrogen-bond acceptors (Lipinski definition) is 3. The molecule has 7 aromatic carbocycles. The molecule has 0 saturated heterocycles. The van der Waals surface area contributed by atoms with Crippen molar-refractivity contribution in [2.24, 2.45) is 0 Å². The van der Waals surface area contributed by atoms with Crippen molar-refractivity contribution >= 4 is 85.1 Å². The minimum Gasteiger partial charge on any atom is -0.458 e. The molecule has 4 aliphatic heterocycles. The van der Waals surface area contributed by atoms with Gasteiger partial charge < -0.3 is 18.9 Å². The van der Waals surface area contributed by atoms with E-state index in [-0.39, 0.29) is 13.4 Å². The summed E-state index contributed by atoms with van der Waals surface area (Å²) in [5.74, 6) is 3.58. The Morgan fingerprint density at radius 2 is 1.00 bits per heavy atom. The largest absolute Gasteiger partial charge is 0.458 e. The Kier molecular flexibility index (Phi) is 4.59. The lowest BCUT2D eigenvalue weighted by Gasteiger charge is -2.40. The summed E-state index contributed by atoms with van der Waals surface area (Å²) in [7, 11) is 0. The van der Waals surface area contributed by atoms with Gasteiger partial charge in [0.2, 0.25) is 0 Å². The molecular formula is C42H24B2N2O2. The van der Waals surface area contributed by atoms with Gasteiger partial charge >= 0.3 is 0 Å². The van der Waals surface area contributed by atoms with Crippen molar-refractivity contribution in [3.05, 3.63) is 146 Å². The van der Waals surface area contributed by atoms with Crippen LogP contribution >= 0.6 is 0 Å². The molecule has 48 heavy (non-hydrogen) atoms. The van der Waals surface area contributed by atoms with Crippen molar-refractivity contribution in [3.8, 4) is 28.7 Å². The standard InChI is InChI=1S/C42H24B2N2O2/c1-3-12-25(13-4-1)45(26-14-5-2-6-15-26)32-23-22-31-41-37(32)27-16-11-19-30-40(27)46(41)42-38-35(47-33-20-9-7-17-28(33)43(30)38)24-36-39(42)44(31)29-18-8-10-21-34(29)48-36/h1-24H. The minimum absolute atomic E-state index is 0.0277. The summed E-state index contributed by atoms with van der Waals surface area (Å²) in [5.41, 5.74) is 14.7. The van der Waals surface area contributed by atoms with Crippen LogP contribution in [0.5, 0.6) is 23.0 Å². The van der Waals surface area contributed by atoms with E-state index in [1.165, 1.54) is 66.0 Å². The Morgan fingerprint density at radius 3 is 1.62 bits per heavy atom. The second-order valence-corrected chi connectivity index (χ2v) is 13.2. The highest BCUT2D eigenvalue weighted by Gasteiger charge is 2.49. The maximum atomic E-state index is 6.77. The highest BCUT2D eigenvalue weighted by atomic mass is 16.5. The lowest BCUT2D eigenvalue weighted by molar-refractivity contribution is 0.465. The summed E-state index contributed by atoms with van der Waals surface area (Å²) in [5, 5.41) is 2.52. The number of hydrogen-bond donors (Lipinski definition) is 0. The zero-order chi connectivity index (χ0) is 31.1. The molecule has 0 saturated carbocycles. The van der Waals surface area contributed by atoms with Gasteiger partial charge in [-0.3, -0.25) is 0 Å². The highest BCUT2D eigenvalue weighted by Crippen LogP contribution is 2.47. The third-order valence-electron chi connectivity index (χ3n) is 10.9. The van der Waals surface area contributed by atoms with Gasteiger partial charge in [-0.15, -0.1) is 0 Å². The normalized spacial score (nSPS) is 13.7. The Balaban J connectivity index is 1.29. The number of nitrogens with zero attached hydrogens (tertiary/aromatic N) is 2. The van der Waals surface area contributed by atoms with Crippen LogP contribution in [0.25, 0.3) is 27.5 Å². The molecule has 8 aromatic rings. The van der Waals surface area contributed by atoms with Gasteiger partial charge in [0, 0.05) is 39.4 Å². The minimum atomic E-state index is 0.0277. The van der Waals surface area contributed by atoms with Crippen LogP contribution in [0.1, 0.15) is 0 Å². The molecule has 0 fully saturated rings. The molecule has 0 radical (unpaired) electrons. The molecular weight excluding hydrogens is 586 g/mol. The molecule has 4 nitrogen and oxygen atoms in total. The fraction of sp³-hybridized carbons (Fsp3) is 0. The van der Waals surface area contributed by atoms with Crippen molar-refractivity contribution in [1.29, 1.82) is 0 Å². The van der Waals surface area contributed by atoms with Crippen molar-refractivity contribution in [1.82, 2.24) is 4.57 Å². The zero-order valence-corrected chi connectivity index (χ0v) is 25.7. The molecule has 0 spiro atoms. The van der Waals surface area contributed by atoms with Gasteiger partial charge in [0.25, 0.3) is 13.4 Å². The number of anilines is 3. The predicted molar refractivity (Wildman–Crippen MR) is 198 cm³/mol. The number of fused-ring (bicyclic) bond motifs is 7. The van der Waals surface area contributed by atoms with E-state index < -0.39 is 0 Å². The van der Waals surface area contributed by atoms with Crippen LogP contribution in [-0.2, 0) is 0 Å². The van der Waals surface area contributed by atoms with E-state index >= 15 is 0 Å². The fourth-order valence-electron chi connectivity index (χ4n) is 9.12. The van der Waals surface area contributed by atoms with Crippen LogP contribution < -0.4 is 47.2 Å². The summed E-state index contributed by atoms with van der Waals surface area (Å²) in [6.45, 7) is 0.0767. The van der Waals surface area contributed by atoms with Crippen molar-refractivity contribution in [2.75, 3.05) is 4.90 Å². The predicted octanol–water partition coefficient (Wildman–Crippen LogP) is 6.12. The average Bonchev–Trinajstić information content (AvgIpc) is 3.50. The fourth-order valence-corrected chi connectivity index (χ4v) is 9.12. The number of aromatic nitrogens is 1. The van der Waals surface area contributed by atoms with Crippen molar-refractivity contribution in [2.45, 2.75) is 0 Å². The summed E-state index contributed by atoms with van der Waals surface area (Å²) in [6.07, 6.45) is 0. The molecule has 5 heterocycles. The lowest BCUT2D eigenvalue weighted by atomic mass is 9.30. The molecule has 4 aliphatic rings. The topological polar surface area (TPSA) is 26.6 Å². The van der Waals surface area contributed by atoms with Gasteiger partial charge in [-0.25, -0.2) is 0 Å². The van der Waals surface area contributed by atoms with Crippen molar-refractivity contribution in [3.63, 3.8) is 0 Å². The molecule has 0 atom stereocenters. The Labute approximate surface area is 277 Å². The second-order valence-electron chi connectivity index (χ2n) is 13.2. The van der Waals surface area contributed by atoms with Gasteiger partial charge in [-0.05, 0) is 75.2 Å². The number of benzene rings is 7. The van der Waals surface area contributed by atoms with Crippen LogP contribution in [0.4, 0.5) is 17.1 Å². The van der Waals surface area contributed by atoms with Gasteiger partial charge in [0.1, 0.15) is 23.0 Å². The van der Waals surface area contributed by atoms with Gasteiger partial charge in [0.05, 0.1) is 11.2 Å². The summed E-state index contributed by atoms with van der Waals surface area (Å²) >= 11 is 0. The number of para-hydroxylation sites is 5. The highest BCUT2D eigenvalue weighted by molar-refractivity contribution is 7.03. The Morgan fingerprint density at radius 1 is 0.458 bits per heavy atom. The average molecular weight is 610 g/mol. The number of ether oxygens (including phenoxy) is 2. The molecule has 0 unspecified atom stereocenters. The van der Waals surface area contributed by atoms with Crippen LogP contribution in [0, 0.1) is 0 Å². The summed E-state index contributed by atoms with van der Waals surface area (Å²) in [6, 6.07) is 52.3. The smallest absolute Gasteiger partial charge is 0.256 e. The lowest BCUT2D eigenvalue weighted by Crippen LogP contribution is -2.65. The first-order valence-corrected chi connectivity index (χ1v) is 16.6. The summed E-state index contributed by atoms with van der Waals surface area (Å²) in [4.78, 5) is 2.41. The first-order chi connectivity index (χ1) is 23.8. The van der Waals surface area contributed by atoms with Crippen LogP contribution in [0.3, 0.4) is 0 Å². The van der Waals surface area contributed by atoms with Crippen LogP contribution in [0.2, 0.25) is 0 Å². The molecule has 0 amide bonds. The maximum Gasteiger partial charge on any atom is 0.256 e. The van der Waals surface area contributed by atoms with Crippen LogP contribution in [0.15, 0.2) is 146 Å².